The first-order chi connectivity index (χ1) is 14.9. The molecule has 3 aromatic rings. The molecule has 0 spiro atoms. The van der Waals surface area contributed by atoms with Crippen LogP contribution in [0.3, 0.4) is 0 Å². The van der Waals surface area contributed by atoms with Crippen LogP contribution in [0.1, 0.15) is 5.56 Å². The van der Waals surface area contributed by atoms with Gasteiger partial charge in [-0.2, -0.15) is 14.4 Å². The summed E-state index contributed by atoms with van der Waals surface area (Å²) in [7, 11) is 2.36. The van der Waals surface area contributed by atoms with Crippen molar-refractivity contribution in [1.29, 1.82) is 0 Å². The van der Waals surface area contributed by atoms with Crippen LogP contribution in [0.15, 0.2) is 60.0 Å². The molecule has 9 nitrogen and oxygen atoms in total. The van der Waals surface area contributed by atoms with E-state index in [2.05, 4.69) is 15.1 Å². The Morgan fingerprint density at radius 2 is 1.65 bits per heavy atom. The zero-order chi connectivity index (χ0) is 22.4. The van der Waals surface area contributed by atoms with Crippen LogP contribution < -0.4 is 9.47 Å². The van der Waals surface area contributed by atoms with E-state index < -0.39 is 23.5 Å². The van der Waals surface area contributed by atoms with Crippen LogP contribution in [-0.4, -0.2) is 46.0 Å². The van der Waals surface area contributed by atoms with Crippen molar-refractivity contribution in [3.8, 4) is 23.3 Å². The number of ether oxygens (including phenoxy) is 2. The Balaban J connectivity index is 1.96. The van der Waals surface area contributed by atoms with Gasteiger partial charge in [0, 0.05) is 7.05 Å². The van der Waals surface area contributed by atoms with Gasteiger partial charge >= 0.3 is 0 Å². The number of hydroxylamine groups is 2. The fraction of sp³-hybridized carbons (Fsp3) is 0.100. The van der Waals surface area contributed by atoms with Crippen LogP contribution in [0.4, 0.5) is 4.39 Å². The van der Waals surface area contributed by atoms with Crippen LogP contribution >= 0.6 is 11.6 Å². The van der Waals surface area contributed by atoms with Gasteiger partial charge in [0.25, 0.3) is 17.7 Å². The van der Waals surface area contributed by atoms with E-state index in [-0.39, 0.29) is 27.8 Å². The lowest BCUT2D eigenvalue weighted by molar-refractivity contribution is -0.151. The van der Waals surface area contributed by atoms with E-state index in [4.69, 9.17) is 25.9 Å². The first kappa shape index (κ1) is 21.9. The zero-order valence-corrected chi connectivity index (χ0v) is 17.1. The van der Waals surface area contributed by atoms with Gasteiger partial charge in [-0.1, -0.05) is 41.0 Å². The minimum absolute atomic E-state index is 0.0230. The number of carbonyl (C=O) groups excluding carboxylic acids is 1. The Labute approximate surface area is 181 Å². The lowest BCUT2D eigenvalue weighted by atomic mass is 10.1. The Morgan fingerprint density at radius 1 is 1.06 bits per heavy atom. The standard InChI is InChI=1S/C20H16ClFN4O5/c1-26(28)20(27)17(25-29-2)12-7-3-5-9-14(12)30-18-16(22)19(24-11-23-18)31-15-10-6-4-8-13(15)21/h3-11,28H,1-2H3. The van der Waals surface area contributed by atoms with Gasteiger partial charge in [0.05, 0.1) is 10.6 Å². The molecular weight excluding hydrogens is 431 g/mol. The maximum atomic E-state index is 15.0. The number of hydrogen-bond acceptors (Lipinski definition) is 8. The molecule has 0 aliphatic carbocycles. The maximum Gasteiger partial charge on any atom is 0.299 e. The molecule has 1 amide bonds. The highest BCUT2D eigenvalue weighted by Gasteiger charge is 2.24. The molecule has 11 heteroatoms. The number of oxime groups is 1. The van der Waals surface area contributed by atoms with Crippen molar-refractivity contribution in [2.45, 2.75) is 0 Å². The van der Waals surface area contributed by atoms with Crippen LogP contribution in [0.2, 0.25) is 5.02 Å². The van der Waals surface area contributed by atoms with Crippen molar-refractivity contribution in [2.75, 3.05) is 14.2 Å². The van der Waals surface area contributed by atoms with Crippen molar-refractivity contribution in [2.24, 2.45) is 5.16 Å². The third-order valence-electron chi connectivity index (χ3n) is 3.80. The number of hydrogen-bond donors (Lipinski definition) is 1. The fourth-order valence-electron chi connectivity index (χ4n) is 2.42. The molecular formula is C20H16ClFN4O5. The van der Waals surface area contributed by atoms with Crippen molar-refractivity contribution < 1.29 is 28.7 Å². The second kappa shape index (κ2) is 9.83. The molecule has 0 radical (unpaired) electrons. The first-order valence-corrected chi connectivity index (χ1v) is 9.08. The zero-order valence-electron chi connectivity index (χ0n) is 16.3. The molecule has 2 aromatic carbocycles. The number of nitrogens with zero attached hydrogens (tertiary/aromatic N) is 4. The van der Waals surface area contributed by atoms with E-state index >= 15 is 0 Å². The molecule has 3 rings (SSSR count). The van der Waals surface area contributed by atoms with E-state index in [0.29, 0.717) is 5.06 Å². The number of para-hydroxylation sites is 2. The maximum absolute atomic E-state index is 15.0. The monoisotopic (exact) mass is 446 g/mol. The average Bonchev–Trinajstić information content (AvgIpc) is 2.76. The molecule has 0 bridgehead atoms. The number of rotatable bonds is 7. The topological polar surface area (TPSA) is 106 Å². The Hall–Kier alpha value is -3.76. The van der Waals surface area contributed by atoms with Gasteiger partial charge in [-0.05, 0) is 24.3 Å². The summed E-state index contributed by atoms with van der Waals surface area (Å²) in [5, 5.41) is 13.7. The molecule has 31 heavy (non-hydrogen) atoms. The van der Waals surface area contributed by atoms with E-state index in [1.807, 2.05) is 0 Å². The summed E-state index contributed by atoms with van der Waals surface area (Å²) in [6.45, 7) is 0. The molecule has 0 unspecified atom stereocenters. The largest absolute Gasteiger partial charge is 0.436 e. The first-order valence-electron chi connectivity index (χ1n) is 8.70. The molecule has 1 N–H and O–H groups in total. The number of amides is 1. The summed E-state index contributed by atoms with van der Waals surface area (Å²) < 4.78 is 26.0. The number of aromatic nitrogens is 2. The molecule has 0 atom stereocenters. The van der Waals surface area contributed by atoms with Gasteiger partial charge in [0.15, 0.2) is 5.71 Å². The molecule has 1 aromatic heterocycles. The highest BCUT2D eigenvalue weighted by atomic mass is 35.5. The van der Waals surface area contributed by atoms with Crippen molar-refractivity contribution in [3.63, 3.8) is 0 Å². The van der Waals surface area contributed by atoms with Gasteiger partial charge in [-0.25, -0.2) is 5.06 Å². The van der Waals surface area contributed by atoms with Crippen LogP contribution in [0.25, 0.3) is 0 Å². The predicted octanol–water partition coefficient (Wildman–Crippen LogP) is 4.05. The summed E-state index contributed by atoms with van der Waals surface area (Å²) in [5.41, 5.74) is -0.146. The second-order valence-electron chi connectivity index (χ2n) is 5.88. The smallest absolute Gasteiger partial charge is 0.299 e. The fourth-order valence-corrected chi connectivity index (χ4v) is 2.59. The van der Waals surface area contributed by atoms with Gasteiger partial charge in [-0.15, -0.1) is 0 Å². The number of halogens is 2. The summed E-state index contributed by atoms with van der Waals surface area (Å²) in [6, 6.07) is 12.6. The van der Waals surface area contributed by atoms with E-state index in [0.717, 1.165) is 13.4 Å². The van der Waals surface area contributed by atoms with Crippen LogP contribution in [0.5, 0.6) is 23.3 Å². The molecule has 160 valence electrons. The number of carbonyl (C=O) groups is 1. The van der Waals surface area contributed by atoms with Gasteiger partial charge in [-0.3, -0.25) is 10.0 Å². The molecule has 0 fully saturated rings. The third-order valence-corrected chi connectivity index (χ3v) is 4.11. The van der Waals surface area contributed by atoms with Gasteiger partial charge in [0.2, 0.25) is 5.82 Å². The lowest BCUT2D eigenvalue weighted by Gasteiger charge is -2.14. The highest BCUT2D eigenvalue weighted by Crippen LogP contribution is 2.33. The van der Waals surface area contributed by atoms with E-state index in [1.54, 1.807) is 36.4 Å². The van der Waals surface area contributed by atoms with E-state index in [1.165, 1.54) is 19.2 Å². The average molecular weight is 447 g/mol. The molecule has 0 saturated carbocycles. The summed E-state index contributed by atoms with van der Waals surface area (Å²) in [5.74, 6) is -2.52. The molecule has 1 heterocycles. The van der Waals surface area contributed by atoms with Gasteiger partial charge < -0.3 is 14.3 Å². The molecule has 0 saturated heterocycles. The Bertz CT molecular complexity index is 1130. The van der Waals surface area contributed by atoms with Crippen molar-refractivity contribution in [3.05, 3.63) is 71.3 Å². The summed E-state index contributed by atoms with van der Waals surface area (Å²) in [6.07, 6.45) is 1.05. The van der Waals surface area contributed by atoms with Gasteiger partial charge in [0.1, 0.15) is 24.9 Å². The van der Waals surface area contributed by atoms with Crippen LogP contribution in [0, 0.1) is 5.82 Å². The Morgan fingerprint density at radius 3 is 2.26 bits per heavy atom. The highest BCUT2D eigenvalue weighted by molar-refractivity contribution is 6.45. The quantitative estimate of drug-likeness (QED) is 0.331. The van der Waals surface area contributed by atoms with Crippen LogP contribution in [-0.2, 0) is 9.63 Å². The third kappa shape index (κ3) is 5.05. The molecule has 0 aliphatic heterocycles. The normalized spacial score (nSPS) is 11.1. The van der Waals surface area contributed by atoms with Crippen molar-refractivity contribution in [1.82, 2.24) is 15.0 Å². The summed E-state index contributed by atoms with van der Waals surface area (Å²) >= 11 is 6.03. The van der Waals surface area contributed by atoms with Crippen molar-refractivity contribution >= 4 is 23.2 Å². The Kier molecular flexibility index (Phi) is 6.96. The van der Waals surface area contributed by atoms with E-state index in [9.17, 15) is 14.4 Å². The minimum Gasteiger partial charge on any atom is -0.436 e. The SMILES string of the molecule is CON=C(C(=O)N(C)O)c1ccccc1Oc1ncnc(Oc2ccccc2Cl)c1F. The lowest BCUT2D eigenvalue weighted by Crippen LogP contribution is -2.31. The summed E-state index contributed by atoms with van der Waals surface area (Å²) in [4.78, 5) is 24.5. The minimum atomic E-state index is -0.993. The number of benzene rings is 2. The molecule has 0 aliphatic rings. The number of likely N-dealkylation sites (N-methyl/N-ethyl adjacent to an activating group) is 1. The second-order valence-corrected chi connectivity index (χ2v) is 6.29. The predicted molar refractivity (Wildman–Crippen MR) is 108 cm³/mol.